The molecule has 0 radical (unpaired) electrons. The smallest absolute Gasteiger partial charge is 0.0261 e. The van der Waals surface area contributed by atoms with Gasteiger partial charge in [0, 0.05) is 23.2 Å². The van der Waals surface area contributed by atoms with E-state index in [1.54, 1.807) is 6.08 Å². The van der Waals surface area contributed by atoms with Gasteiger partial charge in [-0.1, -0.05) is 38.3 Å². The summed E-state index contributed by atoms with van der Waals surface area (Å²) in [6.07, 6.45) is 2.67. The molecule has 0 fully saturated rings. The molecule has 0 aromatic rings. The van der Waals surface area contributed by atoms with E-state index in [0.717, 1.165) is 18.7 Å². The van der Waals surface area contributed by atoms with Crippen LogP contribution in [-0.2, 0) is 0 Å². The number of nitrogens with one attached hydrogen (secondary N) is 1. The van der Waals surface area contributed by atoms with Crippen LogP contribution in [0.1, 0.15) is 13.3 Å². The maximum atomic E-state index is 5.78. The third kappa shape index (κ3) is 4.24. The maximum Gasteiger partial charge on any atom is 0.0261 e. The predicted octanol–water partition coefficient (Wildman–Crippen LogP) is 3.05. The van der Waals surface area contributed by atoms with Crippen LogP contribution in [0.2, 0.25) is 0 Å². The quantitative estimate of drug-likeness (QED) is 0.628. The number of hydrogen-bond acceptors (Lipinski definition) is 1. The van der Waals surface area contributed by atoms with Crippen molar-refractivity contribution in [3.05, 3.63) is 36.5 Å². The highest BCUT2D eigenvalue weighted by Gasteiger charge is 2.07. The summed E-state index contributed by atoms with van der Waals surface area (Å²) in [7, 11) is 0. The standard InChI is InChI=1S/C10H16ClN/c1-5-8(3)12-7-10(6-2)9(4)11/h5,10,12H,1,3-4,6-7H2,2H3. The highest BCUT2D eigenvalue weighted by atomic mass is 35.5. The van der Waals surface area contributed by atoms with Crippen molar-refractivity contribution >= 4 is 11.6 Å². The molecule has 0 bridgehead atoms. The fourth-order valence-electron chi connectivity index (χ4n) is 0.803. The lowest BCUT2D eigenvalue weighted by atomic mass is 10.1. The fourth-order valence-corrected chi connectivity index (χ4v) is 1.03. The van der Waals surface area contributed by atoms with E-state index < -0.39 is 0 Å². The molecular formula is C10H16ClN. The second kappa shape index (κ2) is 5.90. The Bertz CT molecular complexity index is 184. The number of allylic oxidation sites excluding steroid dienone is 1. The first-order chi connectivity index (χ1) is 5.61. The van der Waals surface area contributed by atoms with Crippen LogP contribution in [0.15, 0.2) is 36.5 Å². The van der Waals surface area contributed by atoms with Gasteiger partial charge in [-0.15, -0.1) is 0 Å². The first kappa shape index (κ1) is 11.3. The van der Waals surface area contributed by atoms with E-state index in [4.69, 9.17) is 11.6 Å². The molecule has 0 saturated heterocycles. The lowest BCUT2D eigenvalue weighted by Crippen LogP contribution is -2.20. The van der Waals surface area contributed by atoms with E-state index in [-0.39, 0.29) is 0 Å². The van der Waals surface area contributed by atoms with Crippen molar-refractivity contribution < 1.29 is 0 Å². The van der Waals surface area contributed by atoms with Crippen molar-refractivity contribution in [2.75, 3.05) is 6.54 Å². The minimum absolute atomic E-state index is 0.309. The molecule has 1 N–H and O–H groups in total. The Morgan fingerprint density at radius 1 is 1.58 bits per heavy atom. The molecule has 0 amide bonds. The molecule has 0 heterocycles. The zero-order chi connectivity index (χ0) is 9.56. The summed E-state index contributed by atoms with van der Waals surface area (Å²) < 4.78 is 0. The molecule has 2 heteroatoms. The van der Waals surface area contributed by atoms with Crippen LogP contribution in [0.5, 0.6) is 0 Å². The molecule has 12 heavy (non-hydrogen) atoms. The minimum atomic E-state index is 0.309. The molecule has 0 saturated carbocycles. The van der Waals surface area contributed by atoms with Gasteiger partial charge in [-0.05, 0) is 12.5 Å². The van der Waals surface area contributed by atoms with Crippen LogP contribution >= 0.6 is 11.6 Å². The minimum Gasteiger partial charge on any atom is -0.385 e. The zero-order valence-corrected chi connectivity index (χ0v) is 8.32. The lowest BCUT2D eigenvalue weighted by Gasteiger charge is -2.14. The Morgan fingerprint density at radius 3 is 2.50 bits per heavy atom. The monoisotopic (exact) mass is 185 g/mol. The highest BCUT2D eigenvalue weighted by Crippen LogP contribution is 2.15. The average molecular weight is 186 g/mol. The van der Waals surface area contributed by atoms with Gasteiger partial charge in [0.1, 0.15) is 0 Å². The SMILES string of the molecule is C=CC(=C)NCC(CC)C(=C)Cl. The predicted molar refractivity (Wildman–Crippen MR) is 56.1 cm³/mol. The van der Waals surface area contributed by atoms with Gasteiger partial charge < -0.3 is 5.32 Å². The van der Waals surface area contributed by atoms with E-state index in [0.29, 0.717) is 11.0 Å². The summed E-state index contributed by atoms with van der Waals surface area (Å²) >= 11 is 5.78. The van der Waals surface area contributed by atoms with Crippen molar-refractivity contribution in [2.45, 2.75) is 13.3 Å². The summed E-state index contributed by atoms with van der Waals surface area (Å²) in [6.45, 7) is 13.9. The third-order valence-corrected chi connectivity index (χ3v) is 2.07. The highest BCUT2D eigenvalue weighted by molar-refractivity contribution is 6.29. The molecule has 1 atom stereocenters. The van der Waals surface area contributed by atoms with Crippen LogP contribution in [0.25, 0.3) is 0 Å². The van der Waals surface area contributed by atoms with Gasteiger partial charge in [-0.2, -0.15) is 0 Å². The number of halogens is 1. The number of rotatable bonds is 6. The van der Waals surface area contributed by atoms with E-state index in [9.17, 15) is 0 Å². The van der Waals surface area contributed by atoms with E-state index >= 15 is 0 Å². The molecule has 0 aliphatic heterocycles. The summed E-state index contributed by atoms with van der Waals surface area (Å²) in [5.41, 5.74) is 0.825. The van der Waals surface area contributed by atoms with Crippen LogP contribution < -0.4 is 5.32 Å². The van der Waals surface area contributed by atoms with Crippen LogP contribution in [0, 0.1) is 5.92 Å². The van der Waals surface area contributed by atoms with Gasteiger partial charge in [0.25, 0.3) is 0 Å². The third-order valence-electron chi connectivity index (χ3n) is 1.76. The topological polar surface area (TPSA) is 12.0 Å². The van der Waals surface area contributed by atoms with Gasteiger partial charge in [0.2, 0.25) is 0 Å². The van der Waals surface area contributed by atoms with Gasteiger partial charge >= 0.3 is 0 Å². The molecule has 0 rings (SSSR count). The molecular weight excluding hydrogens is 170 g/mol. The van der Waals surface area contributed by atoms with E-state index in [2.05, 4.69) is 32.0 Å². The second-order valence-electron chi connectivity index (χ2n) is 2.66. The molecule has 0 aliphatic carbocycles. The Labute approximate surface area is 79.8 Å². The molecule has 0 aromatic carbocycles. The average Bonchev–Trinajstić information content (AvgIpc) is 2.04. The Hall–Kier alpha value is -0.690. The van der Waals surface area contributed by atoms with Crippen molar-refractivity contribution in [3.63, 3.8) is 0 Å². The molecule has 0 aromatic heterocycles. The first-order valence-corrected chi connectivity index (χ1v) is 4.39. The van der Waals surface area contributed by atoms with Gasteiger partial charge in [0.15, 0.2) is 0 Å². The first-order valence-electron chi connectivity index (χ1n) is 4.01. The Kier molecular flexibility index (Phi) is 5.56. The normalized spacial score (nSPS) is 11.8. The maximum absolute atomic E-state index is 5.78. The van der Waals surface area contributed by atoms with Crippen molar-refractivity contribution in [3.8, 4) is 0 Å². The summed E-state index contributed by atoms with van der Waals surface area (Å²) in [6, 6.07) is 0. The summed E-state index contributed by atoms with van der Waals surface area (Å²) in [5.74, 6) is 0.309. The Balaban J connectivity index is 3.80. The molecule has 0 aliphatic rings. The second-order valence-corrected chi connectivity index (χ2v) is 3.15. The van der Waals surface area contributed by atoms with Crippen LogP contribution in [0.3, 0.4) is 0 Å². The Morgan fingerprint density at radius 2 is 2.17 bits per heavy atom. The zero-order valence-electron chi connectivity index (χ0n) is 7.57. The van der Waals surface area contributed by atoms with Crippen molar-refractivity contribution in [1.82, 2.24) is 5.32 Å². The molecule has 68 valence electrons. The van der Waals surface area contributed by atoms with Crippen LogP contribution in [-0.4, -0.2) is 6.54 Å². The fraction of sp³-hybridized carbons (Fsp3) is 0.400. The van der Waals surface area contributed by atoms with Gasteiger partial charge in [0.05, 0.1) is 0 Å². The van der Waals surface area contributed by atoms with Crippen LogP contribution in [0.4, 0.5) is 0 Å². The lowest BCUT2D eigenvalue weighted by molar-refractivity contribution is 0.580. The van der Waals surface area contributed by atoms with E-state index in [1.165, 1.54) is 0 Å². The largest absolute Gasteiger partial charge is 0.385 e. The summed E-state index contributed by atoms with van der Waals surface area (Å²) in [4.78, 5) is 0. The number of hydrogen-bond donors (Lipinski definition) is 1. The van der Waals surface area contributed by atoms with E-state index in [1.807, 2.05) is 0 Å². The molecule has 1 unspecified atom stereocenters. The summed E-state index contributed by atoms with van der Waals surface area (Å²) in [5, 5.41) is 3.80. The van der Waals surface area contributed by atoms with Crippen molar-refractivity contribution in [2.24, 2.45) is 5.92 Å². The van der Waals surface area contributed by atoms with Gasteiger partial charge in [-0.25, -0.2) is 0 Å². The van der Waals surface area contributed by atoms with Gasteiger partial charge in [-0.3, -0.25) is 0 Å². The molecule has 1 nitrogen and oxygen atoms in total. The van der Waals surface area contributed by atoms with Crippen molar-refractivity contribution in [1.29, 1.82) is 0 Å². The molecule has 0 spiro atoms.